The summed E-state index contributed by atoms with van der Waals surface area (Å²) in [7, 11) is 5.45. The second-order valence-corrected chi connectivity index (χ2v) is 6.56. The zero-order chi connectivity index (χ0) is 17.4. The molecule has 6 heteroatoms. The molecule has 24 heavy (non-hydrogen) atoms. The lowest BCUT2D eigenvalue weighted by molar-refractivity contribution is -0.324. The van der Waals surface area contributed by atoms with E-state index in [1.165, 1.54) is 0 Å². The molecule has 5 nitrogen and oxygen atoms in total. The molecule has 0 saturated carbocycles. The molecule has 0 unspecified atom stereocenters. The van der Waals surface area contributed by atoms with E-state index in [9.17, 15) is 0 Å². The molecule has 0 amide bonds. The summed E-state index contributed by atoms with van der Waals surface area (Å²) in [5.74, 6) is 1.64. The van der Waals surface area contributed by atoms with Crippen LogP contribution in [-0.4, -0.2) is 37.2 Å². The van der Waals surface area contributed by atoms with E-state index in [0.717, 1.165) is 22.6 Å². The summed E-state index contributed by atoms with van der Waals surface area (Å²) in [5.41, 5.74) is 1.07. The van der Waals surface area contributed by atoms with Crippen LogP contribution in [0.5, 0.6) is 11.5 Å². The standard InChI is InChI=1S/C18H24O5Si/c1-19-16-8-4-14(5-9-16)12-22-18(24,21-3)23-13-15-6-10-17(20-2)11-7-15/h4-11H,12-13H2,1-3,24H3. The van der Waals surface area contributed by atoms with E-state index in [4.69, 9.17) is 23.7 Å². The predicted octanol–water partition coefficient (Wildman–Crippen LogP) is 2.06. The van der Waals surface area contributed by atoms with E-state index in [0.29, 0.717) is 23.5 Å². The van der Waals surface area contributed by atoms with Crippen LogP contribution in [0, 0.1) is 0 Å². The Balaban J connectivity index is 1.89. The summed E-state index contributed by atoms with van der Waals surface area (Å²) >= 11 is 0. The Morgan fingerprint density at radius 1 is 0.708 bits per heavy atom. The van der Waals surface area contributed by atoms with Gasteiger partial charge in [-0.25, -0.2) is 0 Å². The maximum absolute atomic E-state index is 5.86. The first-order chi connectivity index (χ1) is 11.6. The average Bonchev–Trinajstić information content (AvgIpc) is 2.65. The summed E-state index contributed by atoms with van der Waals surface area (Å²) in [6.07, 6.45) is 0. The molecule has 0 spiro atoms. The third kappa shape index (κ3) is 5.35. The highest BCUT2D eigenvalue weighted by Crippen LogP contribution is 2.19. The fourth-order valence-electron chi connectivity index (χ4n) is 2.03. The Labute approximate surface area is 145 Å². The van der Waals surface area contributed by atoms with E-state index >= 15 is 0 Å². The van der Waals surface area contributed by atoms with E-state index in [2.05, 4.69) is 0 Å². The van der Waals surface area contributed by atoms with Crippen LogP contribution >= 0.6 is 0 Å². The lowest BCUT2D eigenvalue weighted by Gasteiger charge is -2.28. The van der Waals surface area contributed by atoms with Gasteiger partial charge in [-0.1, -0.05) is 24.3 Å². The minimum absolute atomic E-state index is 0.407. The van der Waals surface area contributed by atoms with Crippen molar-refractivity contribution in [1.82, 2.24) is 0 Å². The number of hydrogen-bond acceptors (Lipinski definition) is 5. The van der Waals surface area contributed by atoms with Crippen molar-refractivity contribution in [3.8, 4) is 11.5 Å². The van der Waals surface area contributed by atoms with Gasteiger partial charge in [0.25, 0.3) is 0 Å². The molecule has 130 valence electrons. The first kappa shape index (κ1) is 18.5. The first-order valence-electron chi connectivity index (χ1n) is 7.67. The largest absolute Gasteiger partial charge is 0.497 e. The molecule has 0 bridgehead atoms. The normalized spacial score (nSPS) is 11.5. The van der Waals surface area contributed by atoms with Crippen LogP contribution in [0.4, 0.5) is 0 Å². The molecule has 0 atom stereocenters. The lowest BCUT2D eigenvalue weighted by atomic mass is 10.2. The van der Waals surface area contributed by atoms with Crippen LogP contribution < -0.4 is 9.47 Å². The number of ether oxygens (including phenoxy) is 5. The van der Waals surface area contributed by atoms with Crippen molar-refractivity contribution in [2.75, 3.05) is 21.3 Å². The number of methoxy groups -OCH3 is 3. The van der Waals surface area contributed by atoms with E-state index < -0.39 is 5.60 Å². The van der Waals surface area contributed by atoms with Crippen LogP contribution in [0.1, 0.15) is 11.1 Å². The van der Waals surface area contributed by atoms with Crippen molar-refractivity contribution in [2.24, 2.45) is 0 Å². The van der Waals surface area contributed by atoms with Crippen LogP contribution in [0.25, 0.3) is 0 Å². The van der Waals surface area contributed by atoms with Gasteiger partial charge in [0.05, 0.1) is 27.4 Å². The molecular formula is C18H24O5Si. The quantitative estimate of drug-likeness (QED) is 0.513. The van der Waals surface area contributed by atoms with Crippen molar-refractivity contribution in [3.63, 3.8) is 0 Å². The monoisotopic (exact) mass is 348 g/mol. The van der Waals surface area contributed by atoms with Crippen molar-refractivity contribution >= 4 is 10.2 Å². The number of rotatable bonds is 9. The molecule has 0 aromatic heterocycles. The minimum Gasteiger partial charge on any atom is -0.497 e. The van der Waals surface area contributed by atoms with Gasteiger partial charge in [0, 0.05) is 7.11 Å². The second kappa shape index (κ2) is 8.84. The maximum atomic E-state index is 5.86. The summed E-state index contributed by atoms with van der Waals surface area (Å²) in [6, 6.07) is 15.4. The highest BCUT2D eigenvalue weighted by molar-refractivity contribution is 6.12. The van der Waals surface area contributed by atoms with Gasteiger partial charge < -0.3 is 23.7 Å². The minimum atomic E-state index is -0.986. The molecule has 2 aromatic carbocycles. The Hall–Kier alpha value is -1.86. The van der Waals surface area contributed by atoms with Crippen LogP contribution in [0.2, 0.25) is 0 Å². The molecule has 0 radical (unpaired) electrons. The average molecular weight is 348 g/mol. The van der Waals surface area contributed by atoms with Crippen molar-refractivity contribution in [3.05, 3.63) is 59.7 Å². The van der Waals surface area contributed by atoms with Crippen LogP contribution in [0.3, 0.4) is 0 Å². The Bertz CT molecular complexity index is 561. The molecule has 0 heterocycles. The molecular weight excluding hydrogens is 324 g/mol. The topological polar surface area (TPSA) is 46.2 Å². The molecule has 0 N–H and O–H groups in total. The van der Waals surface area contributed by atoms with E-state index in [1.807, 2.05) is 48.5 Å². The van der Waals surface area contributed by atoms with Gasteiger partial charge >= 0.3 is 0 Å². The Morgan fingerprint density at radius 2 is 1.08 bits per heavy atom. The predicted molar refractivity (Wildman–Crippen MR) is 95.2 cm³/mol. The highest BCUT2D eigenvalue weighted by Gasteiger charge is 2.25. The summed E-state index contributed by atoms with van der Waals surface area (Å²) < 4.78 is 27.4. The fraction of sp³-hybridized carbons (Fsp3) is 0.333. The van der Waals surface area contributed by atoms with Gasteiger partial charge in [0.2, 0.25) is 5.60 Å². The smallest absolute Gasteiger partial charge is 0.245 e. The third-order valence-electron chi connectivity index (χ3n) is 3.69. The molecule has 0 saturated heterocycles. The SMILES string of the molecule is COc1ccc(COC([SiH3])(OC)OCc2ccc(OC)cc2)cc1. The zero-order valence-electron chi connectivity index (χ0n) is 14.6. The van der Waals surface area contributed by atoms with E-state index in [-0.39, 0.29) is 0 Å². The summed E-state index contributed by atoms with van der Waals surface area (Å²) in [4.78, 5) is 0. The molecule has 0 aliphatic heterocycles. The van der Waals surface area contributed by atoms with Crippen LogP contribution in [0.15, 0.2) is 48.5 Å². The Kier molecular flexibility index (Phi) is 6.81. The summed E-state index contributed by atoms with van der Waals surface area (Å²) in [6.45, 7) is 0.813. The molecule has 2 aromatic rings. The molecule has 0 fully saturated rings. The van der Waals surface area contributed by atoms with Crippen molar-refractivity contribution < 1.29 is 23.7 Å². The molecule has 2 rings (SSSR count). The fourth-order valence-corrected chi connectivity index (χ4v) is 2.32. The van der Waals surface area contributed by atoms with Gasteiger partial charge in [-0.05, 0) is 35.4 Å². The highest BCUT2D eigenvalue weighted by atomic mass is 28.1. The molecule has 0 aliphatic rings. The van der Waals surface area contributed by atoms with Crippen molar-refractivity contribution in [1.29, 1.82) is 0 Å². The third-order valence-corrected chi connectivity index (χ3v) is 4.68. The number of hydrogen-bond donors (Lipinski definition) is 0. The van der Waals surface area contributed by atoms with E-state index in [1.54, 1.807) is 21.3 Å². The van der Waals surface area contributed by atoms with Gasteiger partial charge in [-0.15, -0.1) is 0 Å². The Morgan fingerprint density at radius 3 is 1.38 bits per heavy atom. The zero-order valence-corrected chi connectivity index (χ0v) is 16.6. The maximum Gasteiger partial charge on any atom is 0.245 e. The van der Waals surface area contributed by atoms with Gasteiger partial charge in [-0.2, -0.15) is 0 Å². The first-order valence-corrected chi connectivity index (χ1v) is 8.67. The van der Waals surface area contributed by atoms with Gasteiger partial charge in [0.1, 0.15) is 21.7 Å². The van der Waals surface area contributed by atoms with Gasteiger partial charge in [-0.3, -0.25) is 0 Å². The van der Waals surface area contributed by atoms with Crippen molar-refractivity contribution in [2.45, 2.75) is 18.8 Å². The molecule has 0 aliphatic carbocycles. The summed E-state index contributed by atoms with van der Waals surface area (Å²) in [5, 5.41) is 0. The second-order valence-electron chi connectivity index (χ2n) is 5.34. The number of benzene rings is 2. The van der Waals surface area contributed by atoms with Crippen LogP contribution in [-0.2, 0) is 27.4 Å². The van der Waals surface area contributed by atoms with Gasteiger partial charge in [0.15, 0.2) is 0 Å². The lowest BCUT2D eigenvalue weighted by Crippen LogP contribution is -2.38.